The topological polar surface area (TPSA) is 86.4 Å². The standard InChI is InChI=1S/C11H9ClN4O2/c12-10-8(6-14-16-11(10)18)15-13-5-7-3-1-2-4-9(7)17/h1-6,10,17H,(H,16,18)/b13-5-,15-8+. The van der Waals surface area contributed by atoms with Gasteiger partial charge in [-0.3, -0.25) is 4.79 Å². The first kappa shape index (κ1) is 12.3. The molecule has 1 unspecified atom stereocenters. The Morgan fingerprint density at radius 1 is 1.44 bits per heavy atom. The number of phenolic OH excluding ortho intramolecular Hbond substituents is 1. The summed E-state index contributed by atoms with van der Waals surface area (Å²) in [6.45, 7) is 0. The van der Waals surface area contributed by atoms with E-state index >= 15 is 0 Å². The molecule has 1 aromatic carbocycles. The summed E-state index contributed by atoms with van der Waals surface area (Å²) in [6.07, 6.45) is 2.69. The van der Waals surface area contributed by atoms with E-state index in [0.717, 1.165) is 0 Å². The van der Waals surface area contributed by atoms with Crippen molar-refractivity contribution in [1.82, 2.24) is 5.43 Å². The fourth-order valence-electron chi connectivity index (χ4n) is 1.25. The maximum absolute atomic E-state index is 11.2. The number of hydrazone groups is 1. The van der Waals surface area contributed by atoms with Crippen LogP contribution < -0.4 is 5.43 Å². The number of nitrogens with one attached hydrogen (secondary N) is 1. The minimum absolute atomic E-state index is 0.0962. The molecular weight excluding hydrogens is 256 g/mol. The van der Waals surface area contributed by atoms with Gasteiger partial charge in [-0.15, -0.1) is 11.6 Å². The van der Waals surface area contributed by atoms with Crippen LogP contribution in [0.25, 0.3) is 0 Å². The van der Waals surface area contributed by atoms with Gasteiger partial charge in [0.05, 0.1) is 12.4 Å². The summed E-state index contributed by atoms with van der Waals surface area (Å²) in [7, 11) is 0. The molecule has 0 aromatic heterocycles. The number of alkyl halides is 1. The number of hydrogen-bond acceptors (Lipinski definition) is 5. The highest BCUT2D eigenvalue weighted by atomic mass is 35.5. The number of carbonyl (C=O) groups is 1. The molecule has 0 fully saturated rings. The first-order valence-electron chi connectivity index (χ1n) is 5.04. The van der Waals surface area contributed by atoms with Crippen LogP contribution in [0.15, 0.2) is 39.6 Å². The zero-order chi connectivity index (χ0) is 13.0. The summed E-state index contributed by atoms with van der Waals surface area (Å²) in [5.41, 5.74) is 2.97. The van der Waals surface area contributed by atoms with Crippen molar-refractivity contribution < 1.29 is 9.90 Å². The maximum Gasteiger partial charge on any atom is 0.264 e. The molecule has 0 saturated heterocycles. The normalized spacial score (nSPS) is 21.5. The van der Waals surface area contributed by atoms with Crippen LogP contribution in [0.4, 0.5) is 0 Å². The summed E-state index contributed by atoms with van der Waals surface area (Å²) in [5, 5.41) is 19.7. The first-order chi connectivity index (χ1) is 8.68. The van der Waals surface area contributed by atoms with E-state index in [1.807, 2.05) is 0 Å². The number of amides is 1. The van der Waals surface area contributed by atoms with Crippen LogP contribution in [0.2, 0.25) is 0 Å². The lowest BCUT2D eigenvalue weighted by molar-refractivity contribution is -0.119. The third kappa shape index (κ3) is 2.72. The molecule has 1 aromatic rings. The molecule has 1 atom stereocenters. The van der Waals surface area contributed by atoms with Crippen molar-refractivity contribution in [2.24, 2.45) is 15.3 Å². The lowest BCUT2D eigenvalue weighted by Gasteiger charge is -2.10. The van der Waals surface area contributed by atoms with Crippen LogP contribution >= 0.6 is 11.6 Å². The molecule has 2 rings (SSSR count). The van der Waals surface area contributed by atoms with E-state index in [4.69, 9.17) is 11.6 Å². The molecule has 0 aliphatic carbocycles. The summed E-state index contributed by atoms with van der Waals surface area (Å²) in [5.74, 6) is -0.352. The SMILES string of the molecule is O=C1NN=C/C(=N\N=C/c2ccccc2O)C1Cl. The second kappa shape index (κ2) is 5.42. The molecular formula is C11H9ClN4O2. The molecule has 2 N–H and O–H groups in total. The molecule has 0 radical (unpaired) electrons. The van der Waals surface area contributed by atoms with Gasteiger partial charge in [-0.2, -0.15) is 15.3 Å². The lowest BCUT2D eigenvalue weighted by atomic mass is 10.2. The minimum Gasteiger partial charge on any atom is -0.507 e. The van der Waals surface area contributed by atoms with E-state index in [1.165, 1.54) is 18.5 Å². The summed E-state index contributed by atoms with van der Waals surface area (Å²) in [6, 6.07) is 6.67. The van der Waals surface area contributed by atoms with Crippen LogP contribution in [-0.2, 0) is 4.79 Å². The Morgan fingerprint density at radius 2 is 2.22 bits per heavy atom. The Kier molecular flexibility index (Phi) is 3.69. The average Bonchev–Trinajstić information content (AvgIpc) is 2.37. The molecule has 18 heavy (non-hydrogen) atoms. The van der Waals surface area contributed by atoms with Crippen molar-refractivity contribution >= 4 is 35.6 Å². The molecule has 1 aliphatic heterocycles. The first-order valence-corrected chi connectivity index (χ1v) is 5.48. The van der Waals surface area contributed by atoms with Gasteiger partial charge in [0, 0.05) is 5.56 Å². The van der Waals surface area contributed by atoms with Gasteiger partial charge < -0.3 is 5.11 Å². The van der Waals surface area contributed by atoms with Gasteiger partial charge in [0.15, 0.2) is 5.38 Å². The molecule has 92 valence electrons. The van der Waals surface area contributed by atoms with Gasteiger partial charge in [0.2, 0.25) is 0 Å². The number of nitrogens with zero attached hydrogens (tertiary/aromatic N) is 3. The number of benzene rings is 1. The largest absolute Gasteiger partial charge is 0.507 e. The number of carbonyl (C=O) groups excluding carboxylic acids is 1. The molecule has 0 bridgehead atoms. The van der Waals surface area contributed by atoms with Crippen molar-refractivity contribution in [1.29, 1.82) is 0 Å². The van der Waals surface area contributed by atoms with Gasteiger partial charge >= 0.3 is 0 Å². The number of para-hydroxylation sites is 1. The summed E-state index contributed by atoms with van der Waals surface area (Å²) in [4.78, 5) is 11.2. The second-order valence-corrected chi connectivity index (χ2v) is 3.86. The quantitative estimate of drug-likeness (QED) is 0.472. The van der Waals surface area contributed by atoms with Crippen LogP contribution in [0.5, 0.6) is 5.75 Å². The van der Waals surface area contributed by atoms with Gasteiger partial charge in [-0.05, 0) is 12.1 Å². The third-order valence-electron chi connectivity index (χ3n) is 2.17. The van der Waals surface area contributed by atoms with Gasteiger partial charge in [-0.25, -0.2) is 5.43 Å². The van der Waals surface area contributed by atoms with Crippen molar-refractivity contribution in [3.63, 3.8) is 0 Å². The van der Waals surface area contributed by atoms with E-state index in [-0.39, 0.29) is 11.5 Å². The molecule has 6 nitrogen and oxygen atoms in total. The Labute approximate surface area is 108 Å². The summed E-state index contributed by atoms with van der Waals surface area (Å²) >= 11 is 5.79. The fraction of sp³-hybridized carbons (Fsp3) is 0.0909. The highest BCUT2D eigenvalue weighted by Gasteiger charge is 2.23. The van der Waals surface area contributed by atoms with Crippen LogP contribution in [0, 0.1) is 0 Å². The Morgan fingerprint density at radius 3 is 3.00 bits per heavy atom. The van der Waals surface area contributed by atoms with Crippen LogP contribution in [0.3, 0.4) is 0 Å². The average molecular weight is 265 g/mol. The zero-order valence-electron chi connectivity index (χ0n) is 9.12. The number of aromatic hydroxyl groups is 1. The number of rotatable bonds is 2. The predicted molar refractivity (Wildman–Crippen MR) is 69.4 cm³/mol. The van der Waals surface area contributed by atoms with E-state index < -0.39 is 11.3 Å². The number of halogens is 1. The lowest BCUT2D eigenvalue weighted by Crippen LogP contribution is -2.38. The van der Waals surface area contributed by atoms with Crippen LogP contribution in [-0.4, -0.2) is 34.5 Å². The summed E-state index contributed by atoms with van der Waals surface area (Å²) < 4.78 is 0. The number of hydrogen-bond donors (Lipinski definition) is 2. The second-order valence-electron chi connectivity index (χ2n) is 3.43. The smallest absolute Gasteiger partial charge is 0.264 e. The molecule has 0 saturated carbocycles. The molecule has 1 amide bonds. The van der Waals surface area contributed by atoms with Gasteiger partial charge in [-0.1, -0.05) is 12.1 Å². The maximum atomic E-state index is 11.2. The molecule has 1 aliphatic rings. The Hall–Kier alpha value is -2.21. The van der Waals surface area contributed by atoms with E-state index in [0.29, 0.717) is 5.56 Å². The van der Waals surface area contributed by atoms with Crippen molar-refractivity contribution in [3.8, 4) is 5.75 Å². The predicted octanol–water partition coefficient (Wildman–Crippen LogP) is 0.890. The third-order valence-corrected chi connectivity index (χ3v) is 2.59. The molecule has 0 spiro atoms. The van der Waals surface area contributed by atoms with E-state index in [1.54, 1.807) is 18.2 Å². The highest BCUT2D eigenvalue weighted by Crippen LogP contribution is 2.12. The molecule has 7 heteroatoms. The minimum atomic E-state index is -0.913. The molecule has 1 heterocycles. The van der Waals surface area contributed by atoms with Gasteiger partial charge in [0.1, 0.15) is 11.5 Å². The van der Waals surface area contributed by atoms with Crippen molar-refractivity contribution in [3.05, 3.63) is 29.8 Å². The van der Waals surface area contributed by atoms with Gasteiger partial charge in [0.25, 0.3) is 5.91 Å². The van der Waals surface area contributed by atoms with Crippen LogP contribution in [0.1, 0.15) is 5.56 Å². The number of phenols is 1. The highest BCUT2D eigenvalue weighted by molar-refractivity contribution is 6.54. The van der Waals surface area contributed by atoms with Crippen molar-refractivity contribution in [2.75, 3.05) is 0 Å². The van der Waals surface area contributed by atoms with E-state index in [9.17, 15) is 9.90 Å². The van der Waals surface area contributed by atoms with Crippen molar-refractivity contribution in [2.45, 2.75) is 5.38 Å². The fourth-order valence-corrected chi connectivity index (χ4v) is 1.40. The zero-order valence-corrected chi connectivity index (χ0v) is 9.87. The Bertz CT molecular complexity index is 554. The monoisotopic (exact) mass is 264 g/mol. The Balaban J connectivity index is 2.16. The van der Waals surface area contributed by atoms with E-state index in [2.05, 4.69) is 20.7 Å².